The molecule has 1 aliphatic carbocycles. The standard InChI is InChI=1S/C11H22N.Y/c1-8-5-9(11(2,3)4)7-10(12)6-8;/h6,8-10H,5,7,12H2,1-4H3;/q-1;/t8-,9-,10-;/m0./s1. The normalized spacial score (nSPS) is 35.3. The van der Waals surface area contributed by atoms with E-state index in [0.717, 1.165) is 5.92 Å². The summed E-state index contributed by atoms with van der Waals surface area (Å²) < 4.78 is 0. The predicted molar refractivity (Wildman–Crippen MR) is 53.6 cm³/mol. The van der Waals surface area contributed by atoms with E-state index in [2.05, 4.69) is 34.1 Å². The van der Waals surface area contributed by atoms with Crippen LogP contribution in [0.2, 0.25) is 0 Å². The first-order valence-electron chi connectivity index (χ1n) is 5.00. The van der Waals surface area contributed by atoms with Crippen LogP contribution >= 0.6 is 0 Å². The van der Waals surface area contributed by atoms with Crippen LogP contribution in [0.4, 0.5) is 0 Å². The van der Waals surface area contributed by atoms with Crippen LogP contribution in [0.1, 0.15) is 40.5 Å². The first-order valence-corrected chi connectivity index (χ1v) is 5.00. The summed E-state index contributed by atoms with van der Waals surface area (Å²) in [6.07, 6.45) is 4.78. The molecule has 13 heavy (non-hydrogen) atoms. The van der Waals surface area contributed by atoms with Crippen LogP contribution < -0.4 is 5.73 Å². The third-order valence-corrected chi connectivity index (χ3v) is 3.01. The van der Waals surface area contributed by atoms with Gasteiger partial charge in [-0.2, -0.15) is 5.92 Å². The van der Waals surface area contributed by atoms with Gasteiger partial charge in [0.15, 0.2) is 0 Å². The van der Waals surface area contributed by atoms with Crippen molar-refractivity contribution in [3.05, 3.63) is 6.42 Å². The summed E-state index contributed by atoms with van der Waals surface area (Å²) in [5, 5.41) is 0. The molecule has 2 heteroatoms. The van der Waals surface area contributed by atoms with E-state index in [0.29, 0.717) is 17.4 Å². The Morgan fingerprint density at radius 2 is 1.77 bits per heavy atom. The van der Waals surface area contributed by atoms with Gasteiger partial charge in [-0.25, -0.2) is 0 Å². The zero-order chi connectivity index (χ0) is 9.35. The van der Waals surface area contributed by atoms with Gasteiger partial charge in [-0.05, 0) is 11.3 Å². The molecule has 1 aliphatic rings. The molecule has 0 heterocycles. The largest absolute Gasteiger partial charge is 0.357 e. The quantitative estimate of drug-likeness (QED) is 0.663. The average molecular weight is 257 g/mol. The van der Waals surface area contributed by atoms with E-state index in [1.807, 2.05) is 0 Å². The average Bonchev–Trinajstić information content (AvgIpc) is 1.82. The van der Waals surface area contributed by atoms with Crippen molar-refractivity contribution in [3.63, 3.8) is 0 Å². The summed E-state index contributed by atoms with van der Waals surface area (Å²) in [5.41, 5.74) is 6.39. The summed E-state index contributed by atoms with van der Waals surface area (Å²) in [4.78, 5) is 0. The van der Waals surface area contributed by atoms with Gasteiger partial charge in [0.05, 0.1) is 0 Å². The molecular formula is C11H22NY-. The van der Waals surface area contributed by atoms with Gasteiger partial charge in [0.1, 0.15) is 0 Å². The van der Waals surface area contributed by atoms with E-state index in [-0.39, 0.29) is 32.7 Å². The van der Waals surface area contributed by atoms with Crippen molar-refractivity contribution in [1.29, 1.82) is 0 Å². The monoisotopic (exact) mass is 257 g/mol. The molecule has 0 aliphatic heterocycles. The summed E-state index contributed by atoms with van der Waals surface area (Å²) in [5.74, 6) is 1.51. The van der Waals surface area contributed by atoms with Crippen LogP contribution in [0, 0.1) is 23.7 Å². The summed E-state index contributed by atoms with van der Waals surface area (Å²) in [7, 11) is 0. The summed E-state index contributed by atoms with van der Waals surface area (Å²) in [6, 6.07) is 0.331. The zero-order valence-electron chi connectivity index (χ0n) is 9.38. The van der Waals surface area contributed by atoms with Crippen LogP contribution in [0.25, 0.3) is 0 Å². The van der Waals surface area contributed by atoms with Crippen LogP contribution in [-0.4, -0.2) is 6.04 Å². The summed E-state index contributed by atoms with van der Waals surface area (Å²) >= 11 is 0. The predicted octanol–water partition coefficient (Wildman–Crippen LogP) is 2.61. The number of nitrogens with two attached hydrogens (primary N) is 1. The molecule has 1 saturated carbocycles. The maximum absolute atomic E-state index is 5.96. The molecule has 0 amide bonds. The van der Waals surface area contributed by atoms with E-state index in [4.69, 9.17) is 5.73 Å². The molecule has 0 bridgehead atoms. The first-order chi connectivity index (χ1) is 5.39. The van der Waals surface area contributed by atoms with Gasteiger partial charge in [-0.3, -0.25) is 0 Å². The molecule has 0 spiro atoms. The Bertz CT molecular complexity index is 141. The van der Waals surface area contributed by atoms with Crippen molar-refractivity contribution >= 4 is 0 Å². The van der Waals surface area contributed by atoms with E-state index in [9.17, 15) is 0 Å². The van der Waals surface area contributed by atoms with Crippen molar-refractivity contribution < 1.29 is 32.7 Å². The second-order valence-corrected chi connectivity index (χ2v) is 5.37. The number of hydrogen-bond acceptors (Lipinski definition) is 1. The van der Waals surface area contributed by atoms with Gasteiger partial charge in [-0.15, -0.1) is 6.04 Å². The van der Waals surface area contributed by atoms with Gasteiger partial charge in [-0.1, -0.05) is 40.5 Å². The molecule has 0 aromatic rings. The SMILES string of the molecule is C[C@@H]1[CH-][C@H](N)C[C@@H](C(C)(C)C)C1.[Y]. The van der Waals surface area contributed by atoms with E-state index in [1.54, 1.807) is 0 Å². The number of hydrogen-bond donors (Lipinski definition) is 1. The zero-order valence-corrected chi connectivity index (χ0v) is 12.2. The Morgan fingerprint density at radius 1 is 1.23 bits per heavy atom. The Balaban J connectivity index is 0.00000144. The van der Waals surface area contributed by atoms with Gasteiger partial charge in [0, 0.05) is 32.7 Å². The second-order valence-electron chi connectivity index (χ2n) is 5.37. The molecule has 2 N–H and O–H groups in total. The molecular weight excluding hydrogens is 235 g/mol. The minimum atomic E-state index is 0. The molecule has 75 valence electrons. The van der Waals surface area contributed by atoms with E-state index < -0.39 is 0 Å². The van der Waals surface area contributed by atoms with Crippen molar-refractivity contribution in [3.8, 4) is 0 Å². The third kappa shape index (κ3) is 4.40. The van der Waals surface area contributed by atoms with Crippen molar-refractivity contribution in [2.24, 2.45) is 23.0 Å². The molecule has 0 aromatic heterocycles. The maximum atomic E-state index is 5.96. The van der Waals surface area contributed by atoms with Gasteiger partial charge in [0.25, 0.3) is 0 Å². The van der Waals surface area contributed by atoms with Gasteiger partial charge >= 0.3 is 0 Å². The molecule has 1 radical (unpaired) electrons. The minimum Gasteiger partial charge on any atom is -0.357 e. The Kier molecular flexibility index (Phi) is 5.66. The van der Waals surface area contributed by atoms with Crippen molar-refractivity contribution in [2.45, 2.75) is 46.6 Å². The molecule has 3 atom stereocenters. The van der Waals surface area contributed by atoms with Crippen LogP contribution in [0.3, 0.4) is 0 Å². The Morgan fingerprint density at radius 3 is 2.15 bits per heavy atom. The van der Waals surface area contributed by atoms with Crippen LogP contribution in [0.15, 0.2) is 0 Å². The number of rotatable bonds is 0. The van der Waals surface area contributed by atoms with Gasteiger partial charge < -0.3 is 12.2 Å². The van der Waals surface area contributed by atoms with Gasteiger partial charge in [0.2, 0.25) is 0 Å². The third-order valence-electron chi connectivity index (χ3n) is 3.01. The van der Waals surface area contributed by atoms with Crippen LogP contribution in [0.5, 0.6) is 0 Å². The Hall–Kier alpha value is 1.06. The Labute approximate surface area is 108 Å². The fraction of sp³-hybridized carbons (Fsp3) is 0.909. The second kappa shape index (κ2) is 5.23. The molecule has 0 unspecified atom stereocenters. The molecule has 1 fully saturated rings. The van der Waals surface area contributed by atoms with Crippen molar-refractivity contribution in [1.82, 2.24) is 0 Å². The van der Waals surface area contributed by atoms with E-state index >= 15 is 0 Å². The molecule has 1 nitrogen and oxygen atoms in total. The smallest absolute Gasteiger partial charge is 0 e. The van der Waals surface area contributed by atoms with E-state index in [1.165, 1.54) is 12.8 Å². The fourth-order valence-electron chi connectivity index (χ4n) is 2.16. The fourth-order valence-corrected chi connectivity index (χ4v) is 2.16. The summed E-state index contributed by atoms with van der Waals surface area (Å²) in [6.45, 7) is 9.24. The molecule has 1 rings (SSSR count). The molecule has 0 aromatic carbocycles. The van der Waals surface area contributed by atoms with Crippen LogP contribution in [-0.2, 0) is 32.7 Å². The van der Waals surface area contributed by atoms with Crippen molar-refractivity contribution in [2.75, 3.05) is 0 Å². The molecule has 0 saturated heterocycles. The minimum absolute atomic E-state index is 0. The topological polar surface area (TPSA) is 26.0 Å². The maximum Gasteiger partial charge on any atom is 0 e. The first kappa shape index (κ1) is 14.1.